The third-order valence-electron chi connectivity index (χ3n) is 7.20. The van der Waals surface area contributed by atoms with Gasteiger partial charge in [-0.05, 0) is 62.1 Å². The molecule has 3 heterocycles. The lowest BCUT2D eigenvalue weighted by Crippen LogP contribution is -2.61. The van der Waals surface area contributed by atoms with E-state index in [1.807, 2.05) is 32.0 Å². The van der Waals surface area contributed by atoms with Gasteiger partial charge >= 0.3 is 0 Å². The number of benzene rings is 1. The Kier molecular flexibility index (Phi) is 7.83. The van der Waals surface area contributed by atoms with Gasteiger partial charge in [0.25, 0.3) is 5.91 Å². The fourth-order valence-electron chi connectivity index (χ4n) is 5.22. The van der Waals surface area contributed by atoms with Crippen LogP contribution < -0.4 is 5.32 Å². The predicted molar refractivity (Wildman–Crippen MR) is 147 cm³/mol. The predicted octanol–water partition coefficient (Wildman–Crippen LogP) is 5.14. The lowest BCUT2D eigenvalue weighted by molar-refractivity contribution is -0.135. The molecule has 4 aromatic rings. The van der Waals surface area contributed by atoms with Gasteiger partial charge in [-0.2, -0.15) is 5.10 Å². The monoisotopic (exact) mass is 546 g/mol. The average molecular weight is 547 g/mol. The Morgan fingerprint density at radius 2 is 1.87 bits per heavy atom. The van der Waals surface area contributed by atoms with Gasteiger partial charge in [-0.25, -0.2) is 14.1 Å². The summed E-state index contributed by atoms with van der Waals surface area (Å²) in [6.45, 7) is 4.32. The van der Waals surface area contributed by atoms with Crippen molar-refractivity contribution in [1.29, 1.82) is 0 Å². The molecule has 1 saturated carbocycles. The van der Waals surface area contributed by atoms with Crippen molar-refractivity contribution in [3.63, 3.8) is 0 Å². The van der Waals surface area contributed by atoms with E-state index in [1.165, 1.54) is 23.5 Å². The van der Waals surface area contributed by atoms with E-state index in [-0.39, 0.29) is 29.9 Å². The Morgan fingerprint density at radius 1 is 1.10 bits per heavy atom. The zero-order valence-corrected chi connectivity index (χ0v) is 22.9. The highest BCUT2D eigenvalue weighted by Gasteiger charge is 2.47. The standard InChI is InChI=1S/C29H31FN6O2S/c1-20-15-21(2)36(34-20)28-33-25(19-39-28)26(37)35(18-22-8-10-24(30)11-9-22)29(12-4-3-5-13-29)27(38)32-17-23-7-6-14-31-16-23/h6-11,14-16,19H,3-5,12-13,17-18H2,1-2H3,(H,32,38). The summed E-state index contributed by atoms with van der Waals surface area (Å²) in [6.07, 6.45) is 7.11. The van der Waals surface area contributed by atoms with Gasteiger partial charge in [0, 0.05) is 36.6 Å². The number of thiazole rings is 1. The number of hydrogen-bond donors (Lipinski definition) is 1. The van der Waals surface area contributed by atoms with E-state index in [4.69, 9.17) is 0 Å². The quantitative estimate of drug-likeness (QED) is 0.330. The van der Waals surface area contributed by atoms with Crippen molar-refractivity contribution in [2.75, 3.05) is 0 Å². The van der Waals surface area contributed by atoms with Crippen molar-refractivity contribution >= 4 is 23.2 Å². The first-order valence-electron chi connectivity index (χ1n) is 13.1. The van der Waals surface area contributed by atoms with E-state index in [1.54, 1.807) is 39.5 Å². The van der Waals surface area contributed by atoms with E-state index in [0.29, 0.717) is 24.5 Å². The molecule has 0 atom stereocenters. The molecule has 1 aliphatic carbocycles. The van der Waals surface area contributed by atoms with Gasteiger partial charge in [0.15, 0.2) is 0 Å². The molecule has 1 fully saturated rings. The van der Waals surface area contributed by atoms with Crippen molar-refractivity contribution in [2.24, 2.45) is 0 Å². The maximum atomic E-state index is 14.2. The van der Waals surface area contributed by atoms with Crippen molar-refractivity contribution in [3.05, 3.63) is 94.3 Å². The second kappa shape index (κ2) is 11.4. The summed E-state index contributed by atoms with van der Waals surface area (Å²) in [5, 5.41) is 9.87. The van der Waals surface area contributed by atoms with E-state index >= 15 is 0 Å². The van der Waals surface area contributed by atoms with Crippen LogP contribution in [-0.4, -0.2) is 42.0 Å². The lowest BCUT2D eigenvalue weighted by Gasteiger charge is -2.45. The molecule has 2 amide bonds. The summed E-state index contributed by atoms with van der Waals surface area (Å²) < 4.78 is 15.4. The van der Waals surface area contributed by atoms with Crippen LogP contribution in [0.1, 0.15) is 65.1 Å². The van der Waals surface area contributed by atoms with Crippen molar-refractivity contribution in [2.45, 2.75) is 64.6 Å². The van der Waals surface area contributed by atoms with Crippen LogP contribution in [0.2, 0.25) is 0 Å². The van der Waals surface area contributed by atoms with Crippen LogP contribution in [0.3, 0.4) is 0 Å². The minimum absolute atomic E-state index is 0.159. The number of aromatic nitrogens is 4. The summed E-state index contributed by atoms with van der Waals surface area (Å²) in [5.41, 5.74) is 2.59. The van der Waals surface area contributed by atoms with Gasteiger partial charge in [-0.15, -0.1) is 11.3 Å². The first-order valence-corrected chi connectivity index (χ1v) is 14.0. The molecule has 39 heavy (non-hydrogen) atoms. The minimum atomic E-state index is -1.06. The number of halogens is 1. The van der Waals surface area contributed by atoms with Crippen molar-refractivity contribution in [1.82, 2.24) is 30.0 Å². The third kappa shape index (κ3) is 5.75. The molecule has 0 aliphatic heterocycles. The normalized spacial score (nSPS) is 14.6. The van der Waals surface area contributed by atoms with Crippen LogP contribution in [0.4, 0.5) is 4.39 Å². The van der Waals surface area contributed by atoms with E-state index in [9.17, 15) is 14.0 Å². The first kappa shape index (κ1) is 26.7. The molecular weight excluding hydrogens is 515 g/mol. The van der Waals surface area contributed by atoms with E-state index in [2.05, 4.69) is 20.4 Å². The summed E-state index contributed by atoms with van der Waals surface area (Å²) in [5.74, 6) is -0.885. The number of nitrogens with one attached hydrogen (secondary N) is 1. The van der Waals surface area contributed by atoms with Gasteiger partial charge in [-0.1, -0.05) is 37.5 Å². The van der Waals surface area contributed by atoms with Crippen molar-refractivity contribution < 1.29 is 14.0 Å². The number of aryl methyl sites for hydroxylation is 2. The van der Waals surface area contributed by atoms with Crippen molar-refractivity contribution in [3.8, 4) is 5.13 Å². The number of pyridine rings is 1. The fourth-order valence-corrected chi connectivity index (χ4v) is 6.02. The molecule has 0 spiro atoms. The molecule has 1 aromatic carbocycles. The highest BCUT2D eigenvalue weighted by atomic mass is 32.1. The molecule has 1 N–H and O–H groups in total. The zero-order valence-electron chi connectivity index (χ0n) is 22.1. The van der Waals surface area contributed by atoms with Crippen LogP contribution in [-0.2, 0) is 17.9 Å². The zero-order chi connectivity index (χ0) is 27.4. The topological polar surface area (TPSA) is 93.0 Å². The highest BCUT2D eigenvalue weighted by Crippen LogP contribution is 2.37. The SMILES string of the molecule is Cc1cc(C)n(-c2nc(C(=O)N(Cc3ccc(F)cc3)C3(C(=O)NCc4cccnc4)CCCCC3)cs2)n1. The Balaban J connectivity index is 1.50. The number of hydrogen-bond acceptors (Lipinski definition) is 6. The summed E-state index contributed by atoms with van der Waals surface area (Å²) in [6, 6.07) is 11.7. The average Bonchev–Trinajstić information content (AvgIpc) is 3.57. The van der Waals surface area contributed by atoms with Gasteiger partial charge < -0.3 is 10.2 Å². The molecule has 0 unspecified atom stereocenters. The van der Waals surface area contributed by atoms with E-state index in [0.717, 1.165) is 41.8 Å². The number of rotatable bonds is 8. The Morgan fingerprint density at radius 3 is 2.54 bits per heavy atom. The molecular formula is C29H31FN6O2S. The maximum absolute atomic E-state index is 14.2. The first-order chi connectivity index (χ1) is 18.9. The minimum Gasteiger partial charge on any atom is -0.350 e. The fraction of sp³-hybridized carbons (Fsp3) is 0.345. The summed E-state index contributed by atoms with van der Waals surface area (Å²) >= 11 is 1.33. The Labute approximate surface area is 230 Å². The molecule has 8 nitrogen and oxygen atoms in total. The van der Waals surface area contributed by atoms with Gasteiger partial charge in [0.1, 0.15) is 17.1 Å². The second-order valence-electron chi connectivity index (χ2n) is 10.0. The number of carbonyl (C=O) groups is 2. The molecule has 3 aromatic heterocycles. The summed E-state index contributed by atoms with van der Waals surface area (Å²) in [4.78, 5) is 38.6. The molecule has 0 bridgehead atoms. The van der Waals surface area contributed by atoms with Crippen LogP contribution in [0.5, 0.6) is 0 Å². The second-order valence-corrected chi connectivity index (χ2v) is 10.8. The van der Waals surface area contributed by atoms with E-state index < -0.39 is 5.54 Å². The maximum Gasteiger partial charge on any atom is 0.274 e. The number of carbonyl (C=O) groups excluding carboxylic acids is 2. The number of nitrogens with zero attached hydrogens (tertiary/aromatic N) is 5. The van der Waals surface area contributed by atoms with Crippen LogP contribution in [0.15, 0.2) is 60.2 Å². The Hall–Kier alpha value is -3.92. The number of amides is 2. The molecule has 10 heteroatoms. The van der Waals surface area contributed by atoms with Crippen LogP contribution in [0, 0.1) is 19.7 Å². The smallest absolute Gasteiger partial charge is 0.274 e. The molecule has 0 radical (unpaired) electrons. The van der Waals surface area contributed by atoms with Gasteiger partial charge in [-0.3, -0.25) is 14.6 Å². The van der Waals surface area contributed by atoms with Gasteiger partial charge in [0.2, 0.25) is 11.0 Å². The third-order valence-corrected chi connectivity index (χ3v) is 8.01. The van der Waals surface area contributed by atoms with Gasteiger partial charge in [0.05, 0.1) is 5.69 Å². The lowest BCUT2D eigenvalue weighted by atomic mass is 9.78. The van der Waals surface area contributed by atoms with Crippen LogP contribution in [0.25, 0.3) is 5.13 Å². The highest BCUT2D eigenvalue weighted by molar-refractivity contribution is 7.12. The molecule has 0 saturated heterocycles. The largest absolute Gasteiger partial charge is 0.350 e. The molecule has 202 valence electrons. The van der Waals surface area contributed by atoms with Crippen LogP contribution >= 0.6 is 11.3 Å². The summed E-state index contributed by atoms with van der Waals surface area (Å²) in [7, 11) is 0. The Bertz CT molecular complexity index is 1440. The molecule has 1 aliphatic rings. The molecule has 5 rings (SSSR count).